The van der Waals surface area contributed by atoms with Crippen molar-refractivity contribution in [3.05, 3.63) is 81.0 Å². The van der Waals surface area contributed by atoms with Crippen LogP contribution >= 0.6 is 23.1 Å². The molecular weight excluding hydrogens is 440 g/mol. The molecule has 2 aromatic carbocycles. The first-order chi connectivity index (χ1) is 14.9. The van der Waals surface area contributed by atoms with E-state index in [-0.39, 0.29) is 11.3 Å². The molecule has 4 rings (SSSR count). The van der Waals surface area contributed by atoms with Crippen LogP contribution in [0.4, 0.5) is 14.5 Å². The molecule has 4 aromatic rings. The van der Waals surface area contributed by atoms with Gasteiger partial charge in [-0.05, 0) is 43.7 Å². The van der Waals surface area contributed by atoms with Gasteiger partial charge in [0.05, 0.1) is 16.8 Å². The maximum absolute atomic E-state index is 13.8. The first-order valence-electron chi connectivity index (χ1n) is 9.31. The molecule has 0 aliphatic heterocycles. The first-order valence-corrected chi connectivity index (χ1v) is 11.1. The van der Waals surface area contributed by atoms with Crippen molar-refractivity contribution in [2.24, 2.45) is 0 Å². The molecule has 0 aliphatic carbocycles. The number of amides is 1. The molecule has 0 unspecified atom stereocenters. The van der Waals surface area contributed by atoms with Gasteiger partial charge < -0.3 is 5.32 Å². The predicted molar refractivity (Wildman–Crippen MR) is 120 cm³/mol. The van der Waals surface area contributed by atoms with E-state index in [0.29, 0.717) is 21.1 Å². The van der Waals surface area contributed by atoms with Crippen LogP contribution in [0.3, 0.4) is 0 Å². The zero-order chi connectivity index (χ0) is 22.1. The van der Waals surface area contributed by atoms with Crippen molar-refractivity contribution in [2.75, 3.05) is 11.1 Å². The Morgan fingerprint density at radius 3 is 2.45 bits per heavy atom. The molecule has 9 heteroatoms. The van der Waals surface area contributed by atoms with Crippen molar-refractivity contribution in [2.45, 2.75) is 19.0 Å². The van der Waals surface area contributed by atoms with Gasteiger partial charge in [0, 0.05) is 4.88 Å². The molecule has 0 spiro atoms. The number of thiophene rings is 1. The smallest absolute Gasteiger partial charge is 0.267 e. The van der Waals surface area contributed by atoms with Crippen LogP contribution in [0, 0.1) is 25.5 Å². The van der Waals surface area contributed by atoms with E-state index in [1.165, 1.54) is 22.0 Å². The van der Waals surface area contributed by atoms with Crippen molar-refractivity contribution in [3.8, 4) is 5.69 Å². The van der Waals surface area contributed by atoms with E-state index < -0.39 is 23.2 Å². The van der Waals surface area contributed by atoms with Gasteiger partial charge in [-0.3, -0.25) is 14.2 Å². The number of hydrogen-bond donors (Lipinski definition) is 1. The van der Waals surface area contributed by atoms with Crippen LogP contribution in [0.15, 0.2) is 58.5 Å². The predicted octanol–water partition coefficient (Wildman–Crippen LogP) is 5.07. The Bertz CT molecular complexity index is 1330. The van der Waals surface area contributed by atoms with E-state index in [1.54, 1.807) is 24.3 Å². The van der Waals surface area contributed by atoms with Crippen LogP contribution in [-0.2, 0) is 4.79 Å². The van der Waals surface area contributed by atoms with E-state index in [1.807, 2.05) is 19.9 Å². The number of aromatic nitrogens is 2. The number of rotatable bonds is 5. The molecule has 2 heterocycles. The minimum Gasteiger partial charge on any atom is -0.320 e. The summed E-state index contributed by atoms with van der Waals surface area (Å²) in [5.74, 6) is -2.50. The fourth-order valence-electron chi connectivity index (χ4n) is 3.10. The standard InChI is InChI=1S/C22H17F2N3O2S2/c1-12-13(2)31-20-18(12)21(29)27(14-7-4-3-5-8-14)22(26-20)30-11-17(28)25-19-15(23)9-6-10-16(19)24/h3-10H,11H2,1-2H3,(H,25,28). The van der Waals surface area contributed by atoms with Crippen molar-refractivity contribution in [3.63, 3.8) is 0 Å². The number of halogens is 2. The van der Waals surface area contributed by atoms with Crippen molar-refractivity contribution in [1.82, 2.24) is 9.55 Å². The number of fused-ring (bicyclic) bond motifs is 1. The molecule has 1 amide bonds. The molecule has 1 N–H and O–H groups in total. The third-order valence-electron chi connectivity index (χ3n) is 4.75. The van der Waals surface area contributed by atoms with Gasteiger partial charge in [-0.15, -0.1) is 11.3 Å². The molecule has 0 radical (unpaired) electrons. The molecule has 158 valence electrons. The van der Waals surface area contributed by atoms with Gasteiger partial charge in [-0.25, -0.2) is 13.8 Å². The number of nitrogens with zero attached hydrogens (tertiary/aromatic N) is 2. The number of nitrogens with one attached hydrogen (secondary N) is 1. The summed E-state index contributed by atoms with van der Waals surface area (Å²) in [6.45, 7) is 3.81. The summed E-state index contributed by atoms with van der Waals surface area (Å²) >= 11 is 2.44. The quantitative estimate of drug-likeness (QED) is 0.336. The highest BCUT2D eigenvalue weighted by atomic mass is 32.2. The Kier molecular flexibility index (Phi) is 5.88. The van der Waals surface area contributed by atoms with E-state index in [0.717, 1.165) is 34.3 Å². The number of carbonyl (C=O) groups excluding carboxylic acids is 1. The molecule has 0 fully saturated rings. The summed E-state index contributed by atoms with van der Waals surface area (Å²) in [6.07, 6.45) is 0. The number of para-hydroxylation sites is 2. The van der Waals surface area contributed by atoms with Crippen LogP contribution in [0.25, 0.3) is 15.9 Å². The minimum atomic E-state index is -0.858. The lowest BCUT2D eigenvalue weighted by Gasteiger charge is -2.12. The SMILES string of the molecule is Cc1sc2nc(SCC(=O)Nc3c(F)cccc3F)n(-c3ccccc3)c(=O)c2c1C. The second kappa shape index (κ2) is 8.60. The summed E-state index contributed by atoms with van der Waals surface area (Å²) in [6, 6.07) is 12.4. The van der Waals surface area contributed by atoms with Crippen LogP contribution in [0.1, 0.15) is 10.4 Å². The van der Waals surface area contributed by atoms with Crippen LogP contribution in [-0.4, -0.2) is 21.2 Å². The molecule has 0 bridgehead atoms. The van der Waals surface area contributed by atoms with Gasteiger partial charge in [0.2, 0.25) is 5.91 Å². The minimum absolute atomic E-state index is 0.179. The second-order valence-corrected chi connectivity index (χ2v) is 8.91. The molecular formula is C22H17F2N3O2S2. The first kappa shape index (κ1) is 21.2. The second-order valence-electron chi connectivity index (χ2n) is 6.77. The molecule has 0 atom stereocenters. The van der Waals surface area contributed by atoms with Gasteiger partial charge >= 0.3 is 0 Å². The summed E-state index contributed by atoms with van der Waals surface area (Å²) in [5.41, 5.74) is 0.780. The van der Waals surface area contributed by atoms with Crippen molar-refractivity contribution in [1.29, 1.82) is 0 Å². The Hall–Kier alpha value is -3.04. The number of thioether (sulfide) groups is 1. The Labute approximate surface area is 184 Å². The number of hydrogen-bond acceptors (Lipinski definition) is 5. The Balaban J connectivity index is 1.70. The highest BCUT2D eigenvalue weighted by Crippen LogP contribution is 2.29. The number of carbonyl (C=O) groups is 1. The normalized spacial score (nSPS) is 11.1. The topological polar surface area (TPSA) is 64.0 Å². The largest absolute Gasteiger partial charge is 0.320 e. The fraction of sp³-hybridized carbons (Fsp3) is 0.136. The lowest BCUT2D eigenvalue weighted by molar-refractivity contribution is -0.113. The van der Waals surface area contributed by atoms with E-state index in [9.17, 15) is 18.4 Å². The summed E-state index contributed by atoms with van der Waals surface area (Å²) in [5, 5.41) is 3.13. The zero-order valence-electron chi connectivity index (χ0n) is 16.6. The Morgan fingerprint density at radius 1 is 1.10 bits per heavy atom. The van der Waals surface area contributed by atoms with Gasteiger partial charge in [0.15, 0.2) is 5.16 Å². The maximum Gasteiger partial charge on any atom is 0.267 e. The highest BCUT2D eigenvalue weighted by molar-refractivity contribution is 7.99. The van der Waals surface area contributed by atoms with Gasteiger partial charge in [-0.2, -0.15) is 0 Å². The third-order valence-corrected chi connectivity index (χ3v) is 6.79. The zero-order valence-corrected chi connectivity index (χ0v) is 18.2. The molecule has 5 nitrogen and oxygen atoms in total. The lowest BCUT2D eigenvalue weighted by atomic mass is 10.2. The van der Waals surface area contributed by atoms with Crippen molar-refractivity contribution < 1.29 is 13.6 Å². The summed E-state index contributed by atoms with van der Waals surface area (Å²) in [4.78, 5) is 31.9. The summed E-state index contributed by atoms with van der Waals surface area (Å²) in [7, 11) is 0. The van der Waals surface area contributed by atoms with Gasteiger partial charge in [0.25, 0.3) is 5.56 Å². The average molecular weight is 458 g/mol. The maximum atomic E-state index is 13.8. The van der Waals surface area contributed by atoms with Crippen LogP contribution in [0.2, 0.25) is 0 Å². The number of benzene rings is 2. The molecule has 0 saturated carbocycles. The molecule has 31 heavy (non-hydrogen) atoms. The average Bonchev–Trinajstić information content (AvgIpc) is 3.03. The van der Waals surface area contributed by atoms with E-state index >= 15 is 0 Å². The monoisotopic (exact) mass is 457 g/mol. The van der Waals surface area contributed by atoms with Crippen LogP contribution < -0.4 is 10.9 Å². The Morgan fingerprint density at radius 2 is 1.77 bits per heavy atom. The fourth-order valence-corrected chi connectivity index (χ4v) is 4.98. The van der Waals surface area contributed by atoms with Gasteiger partial charge in [0.1, 0.15) is 22.2 Å². The highest BCUT2D eigenvalue weighted by Gasteiger charge is 2.19. The van der Waals surface area contributed by atoms with Gasteiger partial charge in [-0.1, -0.05) is 36.0 Å². The molecule has 0 saturated heterocycles. The molecule has 0 aliphatic rings. The lowest BCUT2D eigenvalue weighted by Crippen LogP contribution is -2.23. The number of aryl methyl sites for hydroxylation is 2. The molecule has 2 aromatic heterocycles. The van der Waals surface area contributed by atoms with Crippen LogP contribution in [0.5, 0.6) is 0 Å². The third kappa shape index (κ3) is 4.11. The van der Waals surface area contributed by atoms with Crippen molar-refractivity contribution >= 4 is 44.9 Å². The summed E-state index contributed by atoms with van der Waals surface area (Å²) < 4.78 is 29.1. The van der Waals surface area contributed by atoms with E-state index in [2.05, 4.69) is 10.3 Å². The number of anilines is 1. The van der Waals surface area contributed by atoms with E-state index in [4.69, 9.17) is 0 Å².